The number of aliphatic imine (C=N–C) groups is 1. The number of esters is 1. The maximum absolute atomic E-state index is 13.7. The molecule has 0 atom stereocenters. The summed E-state index contributed by atoms with van der Waals surface area (Å²) in [7, 11) is 1.40. The zero-order valence-corrected chi connectivity index (χ0v) is 12.2. The van der Waals surface area contributed by atoms with Gasteiger partial charge in [0.2, 0.25) is 5.90 Å². The molecule has 2 aliphatic heterocycles. The molecule has 116 valence electrons. The van der Waals surface area contributed by atoms with Crippen molar-refractivity contribution in [3.05, 3.63) is 35.3 Å². The summed E-state index contributed by atoms with van der Waals surface area (Å²) in [6.07, 6.45) is 3.09. The Labute approximate surface area is 127 Å². The lowest BCUT2D eigenvalue weighted by Gasteiger charge is -2.20. The quantitative estimate of drug-likeness (QED) is 0.636. The number of cyclic esters (lactones) is 1. The van der Waals surface area contributed by atoms with Crippen LogP contribution in [0.25, 0.3) is 6.08 Å². The average Bonchev–Trinajstić information content (AvgIpc) is 2.89. The first-order valence-electron chi connectivity index (χ1n) is 7.11. The minimum atomic E-state index is -0.502. The number of hydrogen-bond acceptors (Lipinski definition) is 5. The molecule has 0 spiro atoms. The van der Waals surface area contributed by atoms with Gasteiger partial charge in [-0.15, -0.1) is 0 Å². The van der Waals surface area contributed by atoms with E-state index in [4.69, 9.17) is 14.2 Å². The molecule has 0 N–H and O–H groups in total. The number of nitrogens with zero attached hydrogens (tertiary/aromatic N) is 1. The monoisotopic (exact) mass is 305 g/mol. The van der Waals surface area contributed by atoms with Crippen molar-refractivity contribution in [2.75, 3.05) is 20.3 Å². The third-order valence-electron chi connectivity index (χ3n) is 3.69. The number of carbonyl (C=O) groups excluding carboxylic acids is 1. The van der Waals surface area contributed by atoms with Gasteiger partial charge < -0.3 is 14.2 Å². The molecule has 0 amide bonds. The Morgan fingerprint density at radius 3 is 2.82 bits per heavy atom. The Kier molecular flexibility index (Phi) is 4.20. The second kappa shape index (κ2) is 6.27. The van der Waals surface area contributed by atoms with Gasteiger partial charge in [0.25, 0.3) is 0 Å². The van der Waals surface area contributed by atoms with Crippen molar-refractivity contribution < 1.29 is 23.4 Å². The second-order valence-corrected chi connectivity index (χ2v) is 5.15. The van der Waals surface area contributed by atoms with Crippen LogP contribution >= 0.6 is 0 Å². The van der Waals surface area contributed by atoms with Crippen LogP contribution in [0.5, 0.6) is 5.75 Å². The molecule has 2 aliphatic rings. The number of halogens is 1. The van der Waals surface area contributed by atoms with Crippen molar-refractivity contribution in [1.29, 1.82) is 0 Å². The molecule has 1 aromatic carbocycles. The summed E-state index contributed by atoms with van der Waals surface area (Å²) < 4.78 is 29.0. The van der Waals surface area contributed by atoms with E-state index >= 15 is 0 Å². The molecule has 22 heavy (non-hydrogen) atoms. The Bertz CT molecular complexity index is 648. The average molecular weight is 305 g/mol. The molecule has 1 fully saturated rings. The van der Waals surface area contributed by atoms with Gasteiger partial charge in [-0.05, 0) is 36.6 Å². The minimum Gasteiger partial charge on any atom is -0.494 e. The van der Waals surface area contributed by atoms with Crippen molar-refractivity contribution in [2.45, 2.75) is 12.8 Å². The Balaban J connectivity index is 1.82. The summed E-state index contributed by atoms with van der Waals surface area (Å²) in [4.78, 5) is 16.1. The fourth-order valence-electron chi connectivity index (χ4n) is 2.48. The van der Waals surface area contributed by atoms with E-state index in [1.807, 2.05) is 0 Å². The summed E-state index contributed by atoms with van der Waals surface area (Å²) in [6.45, 7) is 1.29. The smallest absolute Gasteiger partial charge is 0.363 e. The highest BCUT2D eigenvalue weighted by Gasteiger charge is 2.30. The van der Waals surface area contributed by atoms with Crippen LogP contribution in [0, 0.1) is 11.7 Å². The molecule has 0 unspecified atom stereocenters. The second-order valence-electron chi connectivity index (χ2n) is 5.15. The number of carbonyl (C=O) groups is 1. The predicted molar refractivity (Wildman–Crippen MR) is 78.0 cm³/mol. The van der Waals surface area contributed by atoms with E-state index in [9.17, 15) is 9.18 Å². The fourth-order valence-corrected chi connectivity index (χ4v) is 2.48. The van der Waals surface area contributed by atoms with E-state index in [2.05, 4.69) is 4.99 Å². The Hall–Kier alpha value is -2.21. The van der Waals surface area contributed by atoms with Crippen molar-refractivity contribution in [1.82, 2.24) is 0 Å². The van der Waals surface area contributed by atoms with Crippen LogP contribution in [0.4, 0.5) is 4.39 Å². The van der Waals surface area contributed by atoms with Gasteiger partial charge in [-0.1, -0.05) is 6.07 Å². The molecular formula is C16H16FNO4. The van der Waals surface area contributed by atoms with Crippen molar-refractivity contribution >= 4 is 17.9 Å². The summed E-state index contributed by atoms with van der Waals surface area (Å²) in [6, 6.07) is 4.45. The van der Waals surface area contributed by atoms with Crippen LogP contribution in [0.2, 0.25) is 0 Å². The van der Waals surface area contributed by atoms with Gasteiger partial charge in [-0.3, -0.25) is 0 Å². The highest BCUT2D eigenvalue weighted by Crippen LogP contribution is 2.25. The maximum atomic E-state index is 13.7. The molecule has 2 heterocycles. The van der Waals surface area contributed by atoms with Crippen molar-refractivity contribution in [3.8, 4) is 5.75 Å². The number of methoxy groups -OCH3 is 1. The number of rotatable bonds is 3. The topological polar surface area (TPSA) is 57.1 Å². The molecule has 0 aliphatic carbocycles. The summed E-state index contributed by atoms with van der Waals surface area (Å²) in [5.74, 6) is -0.290. The molecule has 0 radical (unpaired) electrons. The zero-order valence-electron chi connectivity index (χ0n) is 12.2. The lowest BCUT2D eigenvalue weighted by atomic mass is 10.0. The van der Waals surface area contributed by atoms with Gasteiger partial charge >= 0.3 is 5.97 Å². The van der Waals surface area contributed by atoms with E-state index in [1.165, 1.54) is 25.3 Å². The van der Waals surface area contributed by atoms with Gasteiger partial charge in [0.15, 0.2) is 17.3 Å². The van der Waals surface area contributed by atoms with Crippen molar-refractivity contribution in [3.63, 3.8) is 0 Å². The van der Waals surface area contributed by atoms with Crippen LogP contribution in [0.15, 0.2) is 28.9 Å². The highest BCUT2D eigenvalue weighted by molar-refractivity contribution is 6.07. The number of benzene rings is 1. The molecule has 3 rings (SSSR count). The van der Waals surface area contributed by atoms with Gasteiger partial charge in [-0.2, -0.15) is 0 Å². The van der Waals surface area contributed by atoms with Gasteiger partial charge in [0.05, 0.1) is 7.11 Å². The van der Waals surface area contributed by atoms with Crippen LogP contribution in [0.3, 0.4) is 0 Å². The van der Waals surface area contributed by atoms with Gasteiger partial charge in [-0.25, -0.2) is 14.2 Å². The van der Waals surface area contributed by atoms with Crippen LogP contribution in [0.1, 0.15) is 18.4 Å². The lowest BCUT2D eigenvalue weighted by Crippen LogP contribution is -2.24. The van der Waals surface area contributed by atoms with E-state index in [0.717, 1.165) is 12.8 Å². The zero-order chi connectivity index (χ0) is 15.5. The third kappa shape index (κ3) is 3.01. The first-order valence-corrected chi connectivity index (χ1v) is 7.11. The number of ether oxygens (including phenoxy) is 3. The Morgan fingerprint density at radius 1 is 1.36 bits per heavy atom. The molecule has 0 bridgehead atoms. The highest BCUT2D eigenvalue weighted by atomic mass is 19.1. The van der Waals surface area contributed by atoms with Crippen LogP contribution < -0.4 is 4.74 Å². The summed E-state index contributed by atoms with van der Waals surface area (Å²) >= 11 is 0. The SMILES string of the molecule is COc1ccc(/C=C2/N=C(C3CCOCC3)OC2=O)cc1F. The summed E-state index contributed by atoms with van der Waals surface area (Å²) in [5, 5.41) is 0. The molecule has 1 saturated heterocycles. The predicted octanol–water partition coefficient (Wildman–Crippen LogP) is 2.56. The molecule has 0 aromatic heterocycles. The molecule has 6 heteroatoms. The first kappa shape index (κ1) is 14.7. The fraction of sp³-hybridized carbons (Fsp3) is 0.375. The minimum absolute atomic E-state index is 0.108. The third-order valence-corrected chi connectivity index (χ3v) is 3.69. The largest absolute Gasteiger partial charge is 0.494 e. The van der Waals surface area contributed by atoms with Gasteiger partial charge in [0.1, 0.15) is 0 Å². The van der Waals surface area contributed by atoms with Crippen LogP contribution in [-0.4, -0.2) is 32.2 Å². The maximum Gasteiger partial charge on any atom is 0.363 e. The molecule has 0 saturated carbocycles. The molecule has 5 nitrogen and oxygen atoms in total. The van der Waals surface area contributed by atoms with Gasteiger partial charge in [0, 0.05) is 19.1 Å². The molecule has 1 aromatic rings. The lowest BCUT2D eigenvalue weighted by molar-refractivity contribution is -0.130. The van der Waals surface area contributed by atoms with Crippen LogP contribution in [-0.2, 0) is 14.3 Å². The van der Waals surface area contributed by atoms with E-state index in [1.54, 1.807) is 6.07 Å². The normalized spacial score (nSPS) is 20.9. The Morgan fingerprint density at radius 2 is 2.14 bits per heavy atom. The van der Waals surface area contributed by atoms with E-state index in [-0.39, 0.29) is 17.4 Å². The van der Waals surface area contributed by atoms with Crippen molar-refractivity contribution in [2.24, 2.45) is 10.9 Å². The summed E-state index contributed by atoms with van der Waals surface area (Å²) in [5.41, 5.74) is 0.716. The first-order chi connectivity index (χ1) is 10.7. The van der Waals surface area contributed by atoms with E-state index in [0.29, 0.717) is 24.7 Å². The number of hydrogen-bond donors (Lipinski definition) is 0. The standard InChI is InChI=1S/C16H16FNO4/c1-20-14-3-2-10(8-12(14)17)9-13-16(19)22-15(18-13)11-4-6-21-7-5-11/h2-3,8-9,11H,4-7H2,1H3/b13-9+. The van der Waals surface area contributed by atoms with E-state index < -0.39 is 11.8 Å². The molecular weight excluding hydrogens is 289 g/mol.